The lowest BCUT2D eigenvalue weighted by atomic mass is 10.1. The molecule has 2 N–H and O–H groups in total. The number of nitrogens with zero attached hydrogens (tertiary/aromatic N) is 2. The molecule has 0 bridgehead atoms. The van der Waals surface area contributed by atoms with Gasteiger partial charge in [0.25, 0.3) is 17.6 Å². The highest BCUT2D eigenvalue weighted by molar-refractivity contribution is 6.45. The van der Waals surface area contributed by atoms with E-state index in [2.05, 4.69) is 10.3 Å². The molecular formula is C25H25FN4O6. The molecule has 1 saturated heterocycles. The van der Waals surface area contributed by atoms with E-state index >= 15 is 0 Å². The maximum absolute atomic E-state index is 14.7. The maximum Gasteiger partial charge on any atom is 0.412 e. The number of halogens is 1. The van der Waals surface area contributed by atoms with E-state index in [1.54, 1.807) is 29.2 Å². The van der Waals surface area contributed by atoms with Crippen LogP contribution in [0.3, 0.4) is 0 Å². The molecule has 4 rings (SSSR count). The summed E-state index contributed by atoms with van der Waals surface area (Å²) in [7, 11) is 1.49. The van der Waals surface area contributed by atoms with Gasteiger partial charge in [0.1, 0.15) is 5.82 Å². The number of carbonyl (C=O) groups is 4. The molecule has 1 aromatic heterocycles. The van der Waals surface area contributed by atoms with E-state index in [4.69, 9.17) is 9.47 Å². The Balaban J connectivity index is 1.45. The van der Waals surface area contributed by atoms with Gasteiger partial charge in [-0.25, -0.2) is 9.18 Å². The molecule has 1 fully saturated rings. The molecule has 2 heterocycles. The number of ketones is 1. The molecular weight excluding hydrogens is 471 g/mol. The fraction of sp³-hybridized carbons (Fsp3) is 0.280. The molecule has 3 amide bonds. The van der Waals surface area contributed by atoms with Gasteiger partial charge in [-0.05, 0) is 24.3 Å². The highest BCUT2D eigenvalue weighted by atomic mass is 19.1. The van der Waals surface area contributed by atoms with Crippen LogP contribution in [0, 0.1) is 5.82 Å². The monoisotopic (exact) mass is 496 g/mol. The van der Waals surface area contributed by atoms with Gasteiger partial charge in [-0.2, -0.15) is 0 Å². The Kier molecular flexibility index (Phi) is 7.59. The lowest BCUT2D eigenvalue weighted by molar-refractivity contribution is -0.127. The molecule has 2 aromatic carbocycles. The van der Waals surface area contributed by atoms with Crippen molar-refractivity contribution in [2.24, 2.45) is 0 Å². The smallest absolute Gasteiger partial charge is 0.408 e. The van der Waals surface area contributed by atoms with Gasteiger partial charge in [-0.1, -0.05) is 18.2 Å². The number of carbonyl (C=O) groups excluding carboxylic acids is 4. The van der Waals surface area contributed by atoms with Crippen molar-refractivity contribution in [1.29, 1.82) is 0 Å². The van der Waals surface area contributed by atoms with Crippen LogP contribution in [0.4, 0.5) is 9.18 Å². The third kappa shape index (κ3) is 5.20. The van der Waals surface area contributed by atoms with Crippen LogP contribution in [0.15, 0.2) is 48.7 Å². The Morgan fingerprint density at radius 1 is 1.00 bits per heavy atom. The maximum atomic E-state index is 14.7. The summed E-state index contributed by atoms with van der Waals surface area (Å²) in [5, 5.41) is 2.33. The van der Waals surface area contributed by atoms with Crippen molar-refractivity contribution in [3.05, 3.63) is 65.6 Å². The Morgan fingerprint density at radius 2 is 1.69 bits per heavy atom. The second kappa shape index (κ2) is 11.0. The highest BCUT2D eigenvalue weighted by Crippen LogP contribution is 2.30. The van der Waals surface area contributed by atoms with Gasteiger partial charge in [0.2, 0.25) is 0 Å². The lowest BCUT2D eigenvalue weighted by Crippen LogP contribution is -2.52. The first kappa shape index (κ1) is 24.9. The third-order valence-corrected chi connectivity index (χ3v) is 5.84. The Morgan fingerprint density at radius 3 is 2.39 bits per heavy atom. The summed E-state index contributed by atoms with van der Waals surface area (Å²) in [4.78, 5) is 56.3. The number of hydrogen-bond acceptors (Lipinski definition) is 6. The molecule has 0 spiro atoms. The van der Waals surface area contributed by atoms with Gasteiger partial charge in [0, 0.05) is 51.6 Å². The van der Waals surface area contributed by atoms with Crippen LogP contribution < -0.4 is 10.1 Å². The van der Waals surface area contributed by atoms with Gasteiger partial charge >= 0.3 is 6.09 Å². The van der Waals surface area contributed by atoms with Gasteiger partial charge < -0.3 is 29.6 Å². The summed E-state index contributed by atoms with van der Waals surface area (Å²) in [5.74, 6) is -2.59. The number of nitrogens with one attached hydrogen (secondary N) is 2. The number of rotatable bonds is 7. The molecule has 0 unspecified atom stereocenters. The average Bonchev–Trinajstić information content (AvgIpc) is 3.36. The Labute approximate surface area is 205 Å². The number of fused-ring (bicyclic) bond motifs is 1. The summed E-state index contributed by atoms with van der Waals surface area (Å²) in [5.41, 5.74) is 0.458. The van der Waals surface area contributed by atoms with Crippen molar-refractivity contribution < 1.29 is 33.0 Å². The summed E-state index contributed by atoms with van der Waals surface area (Å²) in [6.45, 7) is 1.38. The Hall–Kier alpha value is -4.25. The predicted octanol–water partition coefficient (Wildman–Crippen LogP) is 2.21. The molecule has 1 aliphatic heterocycles. The quantitative estimate of drug-likeness (QED) is 0.294. The molecule has 0 aliphatic carbocycles. The minimum Gasteiger partial charge on any atom is -0.408 e. The number of piperazine rings is 1. The molecule has 0 atom stereocenters. The Bertz CT molecular complexity index is 1280. The predicted molar refractivity (Wildman–Crippen MR) is 127 cm³/mol. The number of H-pyrrole nitrogens is 1. The van der Waals surface area contributed by atoms with Crippen molar-refractivity contribution in [1.82, 2.24) is 20.1 Å². The first-order valence-electron chi connectivity index (χ1n) is 11.3. The van der Waals surface area contributed by atoms with Crippen molar-refractivity contribution in [2.45, 2.75) is 0 Å². The summed E-state index contributed by atoms with van der Waals surface area (Å²) in [6, 6.07) is 11.1. The van der Waals surface area contributed by atoms with E-state index in [-0.39, 0.29) is 67.5 Å². The second-order valence-electron chi connectivity index (χ2n) is 8.09. The summed E-state index contributed by atoms with van der Waals surface area (Å²) < 4.78 is 24.8. The van der Waals surface area contributed by atoms with E-state index in [0.717, 1.165) is 6.07 Å². The number of aromatic amines is 1. The van der Waals surface area contributed by atoms with Crippen molar-refractivity contribution in [3.8, 4) is 5.75 Å². The molecule has 0 radical (unpaired) electrons. The number of hydrogen-bond donors (Lipinski definition) is 2. The van der Waals surface area contributed by atoms with Crippen molar-refractivity contribution in [3.63, 3.8) is 0 Å². The van der Waals surface area contributed by atoms with Gasteiger partial charge in [-0.15, -0.1) is 0 Å². The van der Waals surface area contributed by atoms with Crippen molar-refractivity contribution in [2.75, 3.05) is 46.4 Å². The highest BCUT2D eigenvalue weighted by Gasteiger charge is 2.31. The first-order valence-corrected chi connectivity index (χ1v) is 11.3. The van der Waals surface area contributed by atoms with E-state index < -0.39 is 23.6 Å². The van der Waals surface area contributed by atoms with E-state index in [1.807, 2.05) is 6.07 Å². The third-order valence-electron chi connectivity index (χ3n) is 5.84. The number of amides is 3. The van der Waals surface area contributed by atoms with Crippen LogP contribution in [0.5, 0.6) is 5.75 Å². The molecule has 3 aromatic rings. The lowest BCUT2D eigenvalue weighted by Gasteiger charge is -2.34. The van der Waals surface area contributed by atoms with Crippen LogP contribution in [-0.4, -0.2) is 84.9 Å². The molecule has 188 valence electrons. The van der Waals surface area contributed by atoms with Crippen molar-refractivity contribution >= 4 is 34.6 Å². The molecule has 1 aliphatic rings. The van der Waals surface area contributed by atoms with Crippen LogP contribution in [0.1, 0.15) is 20.7 Å². The zero-order chi connectivity index (χ0) is 25.7. The first-order chi connectivity index (χ1) is 17.4. The van der Waals surface area contributed by atoms with Crippen LogP contribution in [0.25, 0.3) is 10.9 Å². The molecule has 10 nitrogen and oxygen atoms in total. The SMILES string of the molecule is COCCNC(=O)Oc1ccc(F)c2c(C(=O)C(=O)N3CCN(C(=O)c4ccccc4)CC3)c[nH]c12. The van der Waals surface area contributed by atoms with E-state index in [0.29, 0.717) is 5.56 Å². The number of ether oxygens (including phenoxy) is 2. The number of methoxy groups -OCH3 is 1. The van der Waals surface area contributed by atoms with Gasteiger partial charge in [0.15, 0.2) is 5.75 Å². The summed E-state index contributed by atoms with van der Waals surface area (Å²) >= 11 is 0. The van der Waals surface area contributed by atoms with Gasteiger partial charge in [0.05, 0.1) is 23.1 Å². The molecule has 0 saturated carbocycles. The topological polar surface area (TPSA) is 121 Å². The molecule has 36 heavy (non-hydrogen) atoms. The fourth-order valence-corrected chi connectivity index (χ4v) is 3.97. The minimum absolute atomic E-state index is 0.000791. The van der Waals surface area contributed by atoms with Crippen LogP contribution in [0.2, 0.25) is 0 Å². The zero-order valence-corrected chi connectivity index (χ0v) is 19.6. The normalized spacial score (nSPS) is 13.5. The molecule has 11 heteroatoms. The van der Waals surface area contributed by atoms with E-state index in [9.17, 15) is 23.6 Å². The van der Waals surface area contributed by atoms with E-state index in [1.165, 1.54) is 24.3 Å². The number of Topliss-reactive ketones (excluding diaryl/α,β-unsaturated/α-hetero) is 1. The van der Waals surface area contributed by atoms with Gasteiger partial charge in [-0.3, -0.25) is 14.4 Å². The largest absolute Gasteiger partial charge is 0.412 e. The fourth-order valence-electron chi connectivity index (χ4n) is 3.97. The van der Waals surface area contributed by atoms with Crippen LogP contribution >= 0.6 is 0 Å². The standard InChI is InChI=1S/C25H25FN4O6/c1-35-14-9-27-25(34)36-19-8-7-18(26)20-17(15-28-21(19)20)22(31)24(33)30-12-10-29(11-13-30)23(32)16-5-3-2-4-6-16/h2-8,15,28H,9-14H2,1H3,(H,27,34). The zero-order valence-electron chi connectivity index (χ0n) is 19.6. The second-order valence-corrected chi connectivity index (χ2v) is 8.09. The number of aromatic nitrogens is 1. The number of benzene rings is 2. The average molecular weight is 496 g/mol. The van der Waals surface area contributed by atoms with Crippen LogP contribution in [-0.2, 0) is 9.53 Å². The summed E-state index contributed by atoms with van der Waals surface area (Å²) in [6.07, 6.45) is 0.445. The minimum atomic E-state index is -0.898.